The summed E-state index contributed by atoms with van der Waals surface area (Å²) in [7, 11) is 0. The van der Waals surface area contributed by atoms with Crippen molar-refractivity contribution in [1.82, 2.24) is 45.7 Å². The number of hydrogen-bond donors (Lipinski definition) is 2. The molecule has 0 radical (unpaired) electrons. The molecule has 2 saturated heterocycles. The average Bonchev–Trinajstić information content (AvgIpc) is 3.60. The van der Waals surface area contributed by atoms with Crippen LogP contribution in [0, 0.1) is 0 Å². The van der Waals surface area contributed by atoms with Crippen LogP contribution >= 0.6 is 23.2 Å². The highest BCUT2D eigenvalue weighted by molar-refractivity contribution is 6.40. The highest BCUT2D eigenvalue weighted by Gasteiger charge is 2.27. The molecule has 0 amide bonds. The maximum Gasteiger partial charge on any atom is 0.446 e. The van der Waals surface area contributed by atoms with Crippen molar-refractivity contribution in [3.8, 4) is 0 Å². The molecule has 2 atom stereocenters. The third-order valence-electron chi connectivity index (χ3n) is 5.07. The molecule has 3 N–H and O–H groups in total. The number of carbonyl (C=O) groups excluding carboxylic acids is 1. The number of aldehydes is 1. The Hall–Kier alpha value is -1.90. The van der Waals surface area contributed by atoms with Gasteiger partial charge in [-0.05, 0) is 71.4 Å². The first-order valence-electron chi connectivity index (χ1n) is 11.9. The third-order valence-corrected chi connectivity index (χ3v) is 5.07. The fourth-order valence-electron chi connectivity index (χ4n) is 3.22. The quantitative estimate of drug-likeness (QED) is 0.414. The Labute approximate surface area is 225 Å². The van der Waals surface area contributed by atoms with E-state index in [9.17, 15) is 13.2 Å². The number of hydrogen-bond acceptors (Lipinski definition) is 8. The molecule has 212 valence electrons. The molecule has 0 spiro atoms. The maximum atomic E-state index is 10.4. The molecule has 4 heterocycles. The van der Waals surface area contributed by atoms with Crippen LogP contribution in [0.15, 0.2) is 0 Å². The number of halogens is 5. The predicted octanol–water partition coefficient (Wildman–Crippen LogP) is 2.85. The fraction of sp³-hybridized carbons (Fsp3) is 0.857. The van der Waals surface area contributed by atoms with Crippen LogP contribution in [0.25, 0.3) is 0 Å². The molecule has 2 aromatic rings. The van der Waals surface area contributed by atoms with Gasteiger partial charge in [0.1, 0.15) is 0 Å². The van der Waals surface area contributed by atoms with Crippen molar-refractivity contribution in [2.24, 2.45) is 0 Å². The monoisotopic (exact) mass is 573 g/mol. The van der Waals surface area contributed by atoms with Gasteiger partial charge in [-0.15, -0.1) is 43.6 Å². The summed E-state index contributed by atoms with van der Waals surface area (Å²) in [6.45, 7) is 14.7. The van der Waals surface area contributed by atoms with Gasteiger partial charge in [-0.2, -0.15) is 22.8 Å². The van der Waals surface area contributed by atoms with Gasteiger partial charge in [-0.3, -0.25) is 4.79 Å². The van der Waals surface area contributed by atoms with Crippen LogP contribution in [0.5, 0.6) is 0 Å². The summed E-state index contributed by atoms with van der Waals surface area (Å²) >= 11 is 9.53. The van der Waals surface area contributed by atoms with Crippen LogP contribution in [0.2, 0.25) is 0 Å². The molecular formula is C21H38Cl2F3N10O+. The number of carbonyl (C=O) groups is 1. The maximum absolute atomic E-state index is 10.4. The molecule has 2 aliphatic rings. The first kappa shape index (κ1) is 33.1. The number of alkyl halides is 5. The van der Waals surface area contributed by atoms with Gasteiger partial charge in [0.15, 0.2) is 11.9 Å². The molecule has 11 nitrogen and oxygen atoms in total. The second-order valence-corrected chi connectivity index (χ2v) is 11.2. The van der Waals surface area contributed by atoms with Gasteiger partial charge in [0.25, 0.3) is 0 Å². The van der Waals surface area contributed by atoms with Crippen molar-refractivity contribution < 1.29 is 23.3 Å². The van der Waals surface area contributed by atoms with Crippen LogP contribution in [-0.4, -0.2) is 71.3 Å². The van der Waals surface area contributed by atoms with Gasteiger partial charge < -0.3 is 10.6 Å². The van der Waals surface area contributed by atoms with Crippen molar-refractivity contribution in [3.05, 3.63) is 11.6 Å². The van der Waals surface area contributed by atoms with E-state index in [-0.39, 0.29) is 16.4 Å². The summed E-state index contributed by atoms with van der Waals surface area (Å²) in [5, 5.41) is 31.0. The average molecular weight is 575 g/mol. The lowest BCUT2D eigenvalue weighted by Gasteiger charge is -2.15. The normalized spacial score (nSPS) is 19.6. The van der Waals surface area contributed by atoms with Gasteiger partial charge in [0.05, 0.1) is 29.0 Å². The van der Waals surface area contributed by atoms with Gasteiger partial charge in [0, 0.05) is 12.8 Å². The minimum atomic E-state index is -4.64. The topological polar surface area (TPSA) is 133 Å². The molecular weight excluding hydrogens is 536 g/mol. The lowest BCUT2D eigenvalue weighted by Crippen LogP contribution is -2.82. The Morgan fingerprint density at radius 2 is 1.43 bits per heavy atom. The third kappa shape index (κ3) is 12.5. The summed E-state index contributed by atoms with van der Waals surface area (Å²) in [6.07, 6.45) is -0.942. The highest BCUT2D eigenvalue weighted by atomic mass is 35.5. The number of nitrogens with one attached hydrogen (secondary N) is 1. The second kappa shape index (κ2) is 14.9. The van der Waals surface area contributed by atoms with E-state index in [0.717, 1.165) is 24.6 Å². The SMILES string of the molecule is CC(C)(C)n1nnc([C@H]2CCCN2)n1.CC(C)(C)n1nnc([C@H]2CCC[NH2+]2)n1.ClCCl.O=CC(F)(F)F. The van der Waals surface area contributed by atoms with E-state index < -0.39 is 12.5 Å². The highest BCUT2D eigenvalue weighted by Crippen LogP contribution is 2.20. The first-order chi connectivity index (χ1) is 17.1. The van der Waals surface area contributed by atoms with Crippen LogP contribution < -0.4 is 10.6 Å². The lowest BCUT2D eigenvalue weighted by atomic mass is 10.1. The van der Waals surface area contributed by atoms with Crippen molar-refractivity contribution in [2.75, 3.05) is 18.4 Å². The number of aromatic nitrogens is 8. The summed E-state index contributed by atoms with van der Waals surface area (Å²) in [6, 6.07) is 0.747. The molecule has 0 bridgehead atoms. The standard InChI is InChI=1S/2C9H17N5.C2HF3O.CH2Cl2/c2*1-9(2,3)14-12-8(11-13-14)7-5-4-6-10-7;3-2(4,5)1-6;2-1-3/h2*7,10H,4-6H2,1-3H3;1H;1H2/p+1/t2*7-;;/m11../s1. The number of quaternary nitrogens is 1. The van der Waals surface area contributed by atoms with Crippen LogP contribution in [0.3, 0.4) is 0 Å². The molecule has 16 heteroatoms. The lowest BCUT2D eigenvalue weighted by molar-refractivity contribution is -0.677. The first-order valence-corrected chi connectivity index (χ1v) is 13.0. The summed E-state index contributed by atoms with van der Waals surface area (Å²) in [5.74, 6) is 1.72. The van der Waals surface area contributed by atoms with Crippen molar-refractivity contribution in [1.29, 1.82) is 0 Å². The largest absolute Gasteiger partial charge is 0.446 e. The molecule has 2 aliphatic heterocycles. The summed E-state index contributed by atoms with van der Waals surface area (Å²) in [5.41, 5.74) is -0.145. The fourth-order valence-corrected chi connectivity index (χ4v) is 3.22. The van der Waals surface area contributed by atoms with Crippen LogP contribution in [0.4, 0.5) is 13.2 Å². The van der Waals surface area contributed by atoms with Crippen LogP contribution in [0.1, 0.15) is 91.0 Å². The Bertz CT molecular complexity index is 849. The minimum Gasteiger partial charge on any atom is -0.337 e. The smallest absolute Gasteiger partial charge is 0.337 e. The predicted molar refractivity (Wildman–Crippen MR) is 133 cm³/mol. The van der Waals surface area contributed by atoms with E-state index in [2.05, 4.69) is 83.0 Å². The second-order valence-electron chi connectivity index (χ2n) is 10.4. The molecule has 0 unspecified atom stereocenters. The molecule has 2 aromatic heterocycles. The van der Waals surface area contributed by atoms with E-state index in [1.807, 2.05) is 0 Å². The number of rotatable bonds is 2. The van der Waals surface area contributed by atoms with E-state index >= 15 is 0 Å². The van der Waals surface area contributed by atoms with E-state index in [1.165, 1.54) is 25.8 Å². The zero-order valence-corrected chi connectivity index (χ0v) is 23.6. The number of tetrazole rings is 2. The van der Waals surface area contributed by atoms with E-state index in [1.54, 1.807) is 9.59 Å². The van der Waals surface area contributed by atoms with Crippen LogP contribution in [-0.2, 0) is 15.9 Å². The Balaban J connectivity index is 0.000000282. The Morgan fingerprint density at radius 3 is 1.78 bits per heavy atom. The van der Waals surface area contributed by atoms with E-state index in [4.69, 9.17) is 28.0 Å². The Kier molecular flexibility index (Phi) is 13.3. The molecule has 0 aliphatic carbocycles. The van der Waals surface area contributed by atoms with Crippen molar-refractivity contribution >= 4 is 29.5 Å². The molecule has 0 aromatic carbocycles. The minimum absolute atomic E-state index is 0.0656. The summed E-state index contributed by atoms with van der Waals surface area (Å²) in [4.78, 5) is 12.1. The Morgan fingerprint density at radius 1 is 0.946 bits per heavy atom. The van der Waals surface area contributed by atoms with Gasteiger partial charge in [-0.1, -0.05) is 0 Å². The number of nitrogens with two attached hydrogens (primary N) is 1. The van der Waals surface area contributed by atoms with Gasteiger partial charge in [-0.25, -0.2) is 0 Å². The molecule has 37 heavy (non-hydrogen) atoms. The molecule has 0 saturated carbocycles. The van der Waals surface area contributed by atoms with E-state index in [0.29, 0.717) is 12.1 Å². The molecule has 4 rings (SSSR count). The number of nitrogens with zero attached hydrogens (tertiary/aromatic N) is 8. The van der Waals surface area contributed by atoms with Gasteiger partial charge in [0.2, 0.25) is 12.1 Å². The summed E-state index contributed by atoms with van der Waals surface area (Å²) < 4.78 is 31.2. The van der Waals surface area contributed by atoms with Gasteiger partial charge >= 0.3 is 6.18 Å². The van der Waals surface area contributed by atoms with Crippen molar-refractivity contribution in [2.45, 2.75) is 96.6 Å². The zero-order chi connectivity index (χ0) is 28.3. The van der Waals surface area contributed by atoms with Crippen molar-refractivity contribution in [3.63, 3.8) is 0 Å². The molecule has 2 fully saturated rings. The zero-order valence-electron chi connectivity index (χ0n) is 22.1.